The summed E-state index contributed by atoms with van der Waals surface area (Å²) >= 11 is 0. The van der Waals surface area contributed by atoms with E-state index in [1.165, 1.54) is 0 Å². The van der Waals surface area contributed by atoms with E-state index in [9.17, 15) is 4.79 Å². The first-order valence-corrected chi connectivity index (χ1v) is 3.84. The summed E-state index contributed by atoms with van der Waals surface area (Å²) in [6.45, 7) is 9.28. The van der Waals surface area contributed by atoms with Gasteiger partial charge in [-0.25, -0.2) is 0 Å². The predicted octanol–water partition coefficient (Wildman–Crippen LogP) is 2.72. The molecular weight excluding hydrogens is 136 g/mol. The minimum atomic E-state index is 0.0629. The highest BCUT2D eigenvalue weighted by molar-refractivity contribution is 5.75. The number of ketones is 1. The van der Waals surface area contributed by atoms with E-state index in [0.717, 1.165) is 6.42 Å². The molecule has 0 aliphatic heterocycles. The number of rotatable bonds is 4. The summed E-state index contributed by atoms with van der Waals surface area (Å²) < 4.78 is 0. The lowest BCUT2D eigenvalue weighted by atomic mass is 9.87. The van der Waals surface area contributed by atoms with Crippen molar-refractivity contribution in [3.8, 4) is 0 Å². The highest BCUT2D eigenvalue weighted by Gasteiger charge is 2.13. The second-order valence-corrected chi connectivity index (χ2v) is 3.54. The molecule has 0 rings (SSSR count). The van der Waals surface area contributed by atoms with Crippen LogP contribution in [0.1, 0.15) is 33.6 Å². The van der Waals surface area contributed by atoms with Crippen molar-refractivity contribution in [2.45, 2.75) is 33.6 Å². The Balaban J connectivity index is 3.91. The minimum Gasteiger partial charge on any atom is -0.300 e. The first kappa shape index (κ1) is 10.2. The molecule has 0 N–H and O–H groups in total. The van der Waals surface area contributed by atoms with Crippen molar-refractivity contribution in [2.75, 3.05) is 0 Å². The Morgan fingerprint density at radius 2 is 2.18 bits per heavy atom. The molecule has 1 heteroatoms. The standard InChI is InChI=1S/C10H16O/c1-5-7-10(3,4)8-6-9(2)11/h7H,1,6,8H2,2-4H3. The summed E-state index contributed by atoms with van der Waals surface area (Å²) in [7, 11) is 0. The predicted molar refractivity (Wildman–Crippen MR) is 47.4 cm³/mol. The third-order valence-electron chi connectivity index (χ3n) is 1.61. The van der Waals surface area contributed by atoms with E-state index < -0.39 is 0 Å². The Labute approximate surface area is 68.8 Å². The fraction of sp³-hybridized carbons (Fsp3) is 0.600. The van der Waals surface area contributed by atoms with Crippen molar-refractivity contribution >= 4 is 5.78 Å². The van der Waals surface area contributed by atoms with Crippen LogP contribution in [-0.4, -0.2) is 5.78 Å². The van der Waals surface area contributed by atoms with E-state index in [0.29, 0.717) is 6.42 Å². The number of carbonyl (C=O) groups excluding carboxylic acids is 1. The molecule has 0 amide bonds. The Bertz CT molecular complexity index is 183. The van der Waals surface area contributed by atoms with Crippen LogP contribution in [0.5, 0.6) is 0 Å². The van der Waals surface area contributed by atoms with Crippen LogP contribution in [-0.2, 0) is 4.79 Å². The third-order valence-corrected chi connectivity index (χ3v) is 1.61. The summed E-state index contributed by atoms with van der Waals surface area (Å²) in [5.74, 6) is 0.246. The zero-order valence-electron chi connectivity index (χ0n) is 7.61. The van der Waals surface area contributed by atoms with Crippen molar-refractivity contribution in [3.05, 3.63) is 18.4 Å². The van der Waals surface area contributed by atoms with E-state index in [1.807, 2.05) is 6.08 Å². The first-order valence-electron chi connectivity index (χ1n) is 3.84. The Hall–Kier alpha value is -0.810. The van der Waals surface area contributed by atoms with Crippen LogP contribution in [0.25, 0.3) is 0 Å². The molecule has 0 saturated heterocycles. The minimum absolute atomic E-state index is 0.0629. The second-order valence-electron chi connectivity index (χ2n) is 3.54. The van der Waals surface area contributed by atoms with Gasteiger partial charge in [0.25, 0.3) is 0 Å². The molecule has 0 unspecified atom stereocenters. The summed E-state index contributed by atoms with van der Waals surface area (Å²) in [5.41, 5.74) is 2.81. The average molecular weight is 152 g/mol. The van der Waals surface area contributed by atoms with Crippen LogP contribution in [0.2, 0.25) is 0 Å². The molecule has 0 aromatic heterocycles. The highest BCUT2D eigenvalue weighted by atomic mass is 16.1. The molecule has 0 heterocycles. The lowest BCUT2D eigenvalue weighted by molar-refractivity contribution is -0.117. The van der Waals surface area contributed by atoms with Gasteiger partial charge in [-0.3, -0.25) is 0 Å². The van der Waals surface area contributed by atoms with Gasteiger partial charge in [0.05, 0.1) is 0 Å². The molecular formula is C10H16O. The van der Waals surface area contributed by atoms with Gasteiger partial charge in [-0.2, -0.15) is 0 Å². The molecule has 0 saturated carbocycles. The van der Waals surface area contributed by atoms with Gasteiger partial charge in [-0.15, -0.1) is 5.73 Å². The lowest BCUT2D eigenvalue weighted by Gasteiger charge is -2.17. The number of carbonyl (C=O) groups is 1. The summed E-state index contributed by atoms with van der Waals surface area (Å²) in [5, 5.41) is 0. The van der Waals surface area contributed by atoms with Crippen molar-refractivity contribution in [1.82, 2.24) is 0 Å². The maximum atomic E-state index is 10.6. The number of Topliss-reactive ketones (excluding diaryl/α,β-unsaturated/α-hetero) is 1. The molecule has 0 atom stereocenters. The number of hydrogen-bond donors (Lipinski definition) is 0. The van der Waals surface area contributed by atoms with Gasteiger partial charge in [0.15, 0.2) is 0 Å². The lowest BCUT2D eigenvalue weighted by Crippen LogP contribution is -2.08. The van der Waals surface area contributed by atoms with Crippen molar-refractivity contribution in [1.29, 1.82) is 0 Å². The van der Waals surface area contributed by atoms with Gasteiger partial charge in [0, 0.05) is 6.42 Å². The zero-order chi connectivity index (χ0) is 8.91. The van der Waals surface area contributed by atoms with Gasteiger partial charge in [-0.1, -0.05) is 20.4 Å². The van der Waals surface area contributed by atoms with Gasteiger partial charge in [0.2, 0.25) is 0 Å². The fourth-order valence-corrected chi connectivity index (χ4v) is 0.847. The summed E-state index contributed by atoms with van der Waals surface area (Å²) in [4.78, 5) is 10.6. The van der Waals surface area contributed by atoms with Crippen LogP contribution < -0.4 is 0 Å². The molecule has 11 heavy (non-hydrogen) atoms. The van der Waals surface area contributed by atoms with Crippen LogP contribution in [0.3, 0.4) is 0 Å². The normalized spacial score (nSPS) is 10.5. The van der Waals surface area contributed by atoms with E-state index in [2.05, 4.69) is 26.2 Å². The maximum absolute atomic E-state index is 10.6. The SMILES string of the molecule is C=C=CC(C)(C)CCC(C)=O. The topological polar surface area (TPSA) is 17.1 Å². The molecule has 0 aliphatic carbocycles. The molecule has 0 spiro atoms. The average Bonchev–Trinajstić information content (AvgIpc) is 1.84. The Morgan fingerprint density at radius 1 is 1.64 bits per heavy atom. The van der Waals surface area contributed by atoms with E-state index in [1.54, 1.807) is 6.92 Å². The molecule has 0 fully saturated rings. The van der Waals surface area contributed by atoms with Crippen LogP contribution >= 0.6 is 0 Å². The third kappa shape index (κ3) is 5.63. The van der Waals surface area contributed by atoms with Gasteiger partial charge in [0.1, 0.15) is 5.78 Å². The van der Waals surface area contributed by atoms with E-state index in [-0.39, 0.29) is 11.2 Å². The van der Waals surface area contributed by atoms with Crippen molar-refractivity contribution in [3.63, 3.8) is 0 Å². The molecule has 62 valence electrons. The van der Waals surface area contributed by atoms with Crippen molar-refractivity contribution in [2.24, 2.45) is 5.41 Å². The maximum Gasteiger partial charge on any atom is 0.129 e. The molecule has 0 aromatic rings. The summed E-state index contributed by atoms with van der Waals surface area (Å²) in [6.07, 6.45) is 3.44. The Morgan fingerprint density at radius 3 is 2.55 bits per heavy atom. The van der Waals surface area contributed by atoms with Gasteiger partial charge < -0.3 is 4.79 Å². The largest absolute Gasteiger partial charge is 0.300 e. The van der Waals surface area contributed by atoms with Crippen molar-refractivity contribution < 1.29 is 4.79 Å². The van der Waals surface area contributed by atoms with E-state index in [4.69, 9.17) is 0 Å². The smallest absolute Gasteiger partial charge is 0.129 e. The van der Waals surface area contributed by atoms with Gasteiger partial charge >= 0.3 is 0 Å². The van der Waals surface area contributed by atoms with E-state index >= 15 is 0 Å². The van der Waals surface area contributed by atoms with Crippen LogP contribution in [0.15, 0.2) is 18.4 Å². The Kier molecular flexibility index (Phi) is 3.84. The summed E-state index contributed by atoms with van der Waals surface area (Å²) in [6, 6.07) is 0. The van der Waals surface area contributed by atoms with Gasteiger partial charge in [-0.05, 0) is 24.8 Å². The molecule has 0 radical (unpaired) electrons. The highest BCUT2D eigenvalue weighted by Crippen LogP contribution is 2.23. The van der Waals surface area contributed by atoms with Crippen LogP contribution in [0.4, 0.5) is 0 Å². The monoisotopic (exact) mass is 152 g/mol. The number of hydrogen-bond acceptors (Lipinski definition) is 1. The molecule has 0 aliphatic rings. The molecule has 0 bridgehead atoms. The quantitative estimate of drug-likeness (QED) is 0.566. The second kappa shape index (κ2) is 4.15. The molecule has 0 aromatic carbocycles. The van der Waals surface area contributed by atoms with Crippen LogP contribution in [0, 0.1) is 5.41 Å². The number of allylic oxidation sites excluding steroid dienone is 1. The zero-order valence-corrected chi connectivity index (χ0v) is 7.61. The first-order chi connectivity index (χ1) is 4.98. The molecule has 1 nitrogen and oxygen atoms in total. The fourth-order valence-electron chi connectivity index (χ4n) is 0.847.